The van der Waals surface area contributed by atoms with E-state index in [1.165, 1.54) is 17.7 Å². The molecule has 0 amide bonds. The maximum atomic E-state index is 4.59. The Morgan fingerprint density at radius 1 is 1.54 bits per heavy atom. The van der Waals surface area contributed by atoms with Gasteiger partial charge in [-0.2, -0.15) is 0 Å². The molecule has 13 heavy (non-hydrogen) atoms. The average molecular weight is 172 g/mol. The van der Waals surface area contributed by atoms with Crippen molar-refractivity contribution in [2.45, 2.75) is 13.3 Å². The van der Waals surface area contributed by atoms with Crippen molar-refractivity contribution in [3.8, 4) is 0 Å². The van der Waals surface area contributed by atoms with E-state index in [0.29, 0.717) is 5.41 Å². The molecule has 3 rings (SSSR count). The molecular formula is C11H12N2. The van der Waals surface area contributed by atoms with Crippen LogP contribution in [0.1, 0.15) is 18.9 Å². The molecule has 0 saturated heterocycles. The van der Waals surface area contributed by atoms with Crippen LogP contribution in [0.4, 0.5) is 0 Å². The molecule has 2 heteroatoms. The molecule has 2 nitrogen and oxygen atoms in total. The highest BCUT2D eigenvalue weighted by molar-refractivity contribution is 6.05. The monoisotopic (exact) mass is 172 g/mol. The van der Waals surface area contributed by atoms with Crippen LogP contribution in [0, 0.1) is 11.3 Å². The quantitative estimate of drug-likeness (QED) is 0.635. The number of fused-ring (bicyclic) bond motifs is 1. The Kier molecular flexibility index (Phi) is 1.22. The van der Waals surface area contributed by atoms with Gasteiger partial charge in [0.25, 0.3) is 0 Å². The van der Waals surface area contributed by atoms with E-state index in [0.717, 1.165) is 12.5 Å². The Hall–Kier alpha value is -1.18. The molecule has 66 valence electrons. The summed E-state index contributed by atoms with van der Waals surface area (Å²) in [5.74, 6) is 0.719. The third-order valence-corrected chi connectivity index (χ3v) is 3.25. The van der Waals surface area contributed by atoms with E-state index in [1.807, 2.05) is 18.5 Å². The van der Waals surface area contributed by atoms with Crippen molar-refractivity contribution in [1.29, 1.82) is 0 Å². The first-order valence-electron chi connectivity index (χ1n) is 4.74. The van der Waals surface area contributed by atoms with Crippen molar-refractivity contribution in [2.24, 2.45) is 16.3 Å². The maximum absolute atomic E-state index is 4.59. The fourth-order valence-corrected chi connectivity index (χ4v) is 2.19. The summed E-state index contributed by atoms with van der Waals surface area (Å²) in [6.45, 7) is 3.34. The second-order valence-electron chi connectivity index (χ2n) is 4.35. The van der Waals surface area contributed by atoms with Crippen molar-refractivity contribution >= 4 is 5.71 Å². The van der Waals surface area contributed by atoms with Crippen molar-refractivity contribution in [3.63, 3.8) is 0 Å². The summed E-state index contributed by atoms with van der Waals surface area (Å²) >= 11 is 0. The molecule has 0 spiro atoms. The lowest BCUT2D eigenvalue weighted by atomic mass is 10.0. The molecule has 0 aromatic carbocycles. The minimum absolute atomic E-state index is 0.505. The van der Waals surface area contributed by atoms with Gasteiger partial charge in [0, 0.05) is 36.1 Å². The second kappa shape index (κ2) is 2.19. The lowest BCUT2D eigenvalue weighted by Gasteiger charge is -1.99. The molecule has 1 aliphatic heterocycles. The predicted molar refractivity (Wildman–Crippen MR) is 51.9 cm³/mol. The topological polar surface area (TPSA) is 25.2 Å². The predicted octanol–water partition coefficient (Wildman–Crippen LogP) is 1.91. The molecule has 0 radical (unpaired) electrons. The van der Waals surface area contributed by atoms with Crippen molar-refractivity contribution in [3.05, 3.63) is 30.1 Å². The third kappa shape index (κ3) is 0.947. The van der Waals surface area contributed by atoms with Crippen LogP contribution in [0.5, 0.6) is 0 Å². The minimum Gasteiger partial charge on any atom is -0.288 e. The number of pyridine rings is 1. The lowest BCUT2D eigenvalue weighted by Crippen LogP contribution is -2.02. The van der Waals surface area contributed by atoms with Gasteiger partial charge in [-0.3, -0.25) is 9.98 Å². The first kappa shape index (κ1) is 7.25. The first-order chi connectivity index (χ1) is 6.30. The van der Waals surface area contributed by atoms with Crippen LogP contribution < -0.4 is 0 Å². The normalized spacial score (nSPS) is 35.5. The molecule has 2 aliphatic rings. The van der Waals surface area contributed by atoms with E-state index in [1.54, 1.807) is 0 Å². The summed E-state index contributed by atoms with van der Waals surface area (Å²) in [6, 6.07) is 4.09. The average Bonchev–Trinajstić information content (AvgIpc) is 2.71. The molecule has 2 heterocycles. The Morgan fingerprint density at radius 2 is 2.46 bits per heavy atom. The zero-order valence-electron chi connectivity index (χ0n) is 7.70. The third-order valence-electron chi connectivity index (χ3n) is 3.25. The smallest absolute Gasteiger partial charge is 0.0473 e. The Morgan fingerprint density at radius 3 is 3.00 bits per heavy atom. The molecule has 1 saturated carbocycles. The fourth-order valence-electron chi connectivity index (χ4n) is 2.19. The number of rotatable bonds is 1. The van der Waals surface area contributed by atoms with Crippen LogP contribution in [0.25, 0.3) is 0 Å². The number of hydrogen-bond donors (Lipinski definition) is 0. The number of nitrogens with zero attached hydrogens (tertiary/aromatic N) is 2. The number of aromatic nitrogens is 1. The molecule has 1 aliphatic carbocycles. The van der Waals surface area contributed by atoms with Gasteiger partial charge >= 0.3 is 0 Å². The van der Waals surface area contributed by atoms with E-state index in [2.05, 4.69) is 23.0 Å². The molecular weight excluding hydrogens is 160 g/mol. The van der Waals surface area contributed by atoms with Gasteiger partial charge < -0.3 is 0 Å². The van der Waals surface area contributed by atoms with Gasteiger partial charge in [0.15, 0.2) is 0 Å². The number of aliphatic imine (C=N–C) groups is 1. The van der Waals surface area contributed by atoms with Gasteiger partial charge in [-0.25, -0.2) is 0 Å². The van der Waals surface area contributed by atoms with Crippen LogP contribution in [0.2, 0.25) is 0 Å². The SMILES string of the molecule is CC12CN=C(c3cccnc3)C1C2. The van der Waals surface area contributed by atoms with E-state index < -0.39 is 0 Å². The van der Waals surface area contributed by atoms with Crippen LogP contribution in [0.15, 0.2) is 29.5 Å². The molecule has 2 unspecified atom stereocenters. The first-order valence-corrected chi connectivity index (χ1v) is 4.74. The summed E-state index contributed by atoms with van der Waals surface area (Å²) in [6.07, 6.45) is 5.05. The van der Waals surface area contributed by atoms with Crippen molar-refractivity contribution in [1.82, 2.24) is 4.98 Å². The summed E-state index contributed by atoms with van der Waals surface area (Å²) in [5.41, 5.74) is 3.01. The van der Waals surface area contributed by atoms with Crippen molar-refractivity contribution < 1.29 is 0 Å². The molecule has 1 fully saturated rings. The van der Waals surface area contributed by atoms with Crippen LogP contribution in [-0.4, -0.2) is 17.2 Å². The molecule has 0 bridgehead atoms. The van der Waals surface area contributed by atoms with Crippen molar-refractivity contribution in [2.75, 3.05) is 6.54 Å². The molecule has 0 N–H and O–H groups in total. The maximum Gasteiger partial charge on any atom is 0.0473 e. The van der Waals surface area contributed by atoms with Crippen LogP contribution in [-0.2, 0) is 0 Å². The molecule has 1 aromatic rings. The molecule has 2 atom stereocenters. The summed E-state index contributed by atoms with van der Waals surface area (Å²) in [7, 11) is 0. The lowest BCUT2D eigenvalue weighted by molar-refractivity contribution is 0.592. The van der Waals surface area contributed by atoms with Gasteiger partial charge in [-0.05, 0) is 17.9 Å². The van der Waals surface area contributed by atoms with Gasteiger partial charge in [-0.1, -0.05) is 13.0 Å². The number of hydrogen-bond acceptors (Lipinski definition) is 2. The summed E-state index contributed by atoms with van der Waals surface area (Å²) < 4.78 is 0. The van der Waals surface area contributed by atoms with Gasteiger partial charge in [-0.15, -0.1) is 0 Å². The largest absolute Gasteiger partial charge is 0.288 e. The summed E-state index contributed by atoms with van der Waals surface area (Å²) in [4.78, 5) is 8.71. The van der Waals surface area contributed by atoms with E-state index in [4.69, 9.17) is 0 Å². The zero-order chi connectivity index (χ0) is 8.89. The zero-order valence-corrected chi connectivity index (χ0v) is 7.70. The minimum atomic E-state index is 0.505. The Labute approximate surface area is 77.7 Å². The highest BCUT2D eigenvalue weighted by Gasteiger charge is 2.56. The van der Waals surface area contributed by atoms with E-state index >= 15 is 0 Å². The van der Waals surface area contributed by atoms with Crippen LogP contribution in [0.3, 0.4) is 0 Å². The second-order valence-corrected chi connectivity index (χ2v) is 4.35. The standard InChI is InChI=1S/C11H12N2/c1-11-5-9(11)10(13-7-11)8-3-2-4-12-6-8/h2-4,6,9H,5,7H2,1H3. The molecule has 1 aromatic heterocycles. The van der Waals surface area contributed by atoms with Crippen LogP contribution >= 0.6 is 0 Å². The Balaban J connectivity index is 1.97. The fraction of sp³-hybridized carbons (Fsp3) is 0.455. The van der Waals surface area contributed by atoms with E-state index in [9.17, 15) is 0 Å². The highest BCUT2D eigenvalue weighted by atomic mass is 14.9. The van der Waals surface area contributed by atoms with Gasteiger partial charge in [0.2, 0.25) is 0 Å². The van der Waals surface area contributed by atoms with Gasteiger partial charge in [0.1, 0.15) is 0 Å². The summed E-state index contributed by atoms with van der Waals surface area (Å²) in [5, 5.41) is 0. The highest BCUT2D eigenvalue weighted by Crippen LogP contribution is 2.57. The van der Waals surface area contributed by atoms with E-state index in [-0.39, 0.29) is 0 Å². The Bertz CT molecular complexity index is 369. The van der Waals surface area contributed by atoms with Gasteiger partial charge in [0.05, 0.1) is 0 Å².